The number of hydrogen-bond donors (Lipinski definition) is 2. The van der Waals surface area contributed by atoms with Crippen molar-refractivity contribution in [3.05, 3.63) is 34.3 Å². The van der Waals surface area contributed by atoms with E-state index in [4.69, 9.17) is 11.6 Å². The number of halogens is 1. The molecular weight excluding hydrogens is 224 g/mol. The van der Waals surface area contributed by atoms with Crippen molar-refractivity contribution in [3.8, 4) is 0 Å². The molecule has 0 fully saturated rings. The number of carbonyl (C=O) groups is 1. The van der Waals surface area contributed by atoms with E-state index in [1.54, 1.807) is 7.05 Å². The van der Waals surface area contributed by atoms with Gasteiger partial charge in [0.15, 0.2) is 0 Å². The van der Waals surface area contributed by atoms with Crippen molar-refractivity contribution in [2.24, 2.45) is 0 Å². The smallest absolute Gasteiger partial charge is 0.233 e. The molecule has 0 saturated heterocycles. The average molecular weight is 239 g/mol. The minimum atomic E-state index is 0.0161. The van der Waals surface area contributed by atoms with Crippen LogP contribution in [0.25, 0.3) is 0 Å². The zero-order valence-electron chi connectivity index (χ0n) is 9.22. The number of fused-ring (bicyclic) bond motifs is 1. The highest BCUT2D eigenvalue weighted by atomic mass is 35.5. The van der Waals surface area contributed by atoms with Gasteiger partial charge in [-0.25, -0.2) is 0 Å². The first-order chi connectivity index (χ1) is 7.70. The van der Waals surface area contributed by atoms with Crippen molar-refractivity contribution in [2.45, 2.75) is 18.9 Å². The fraction of sp³-hybridized carbons (Fsp3) is 0.417. The van der Waals surface area contributed by atoms with Crippen LogP contribution in [-0.4, -0.2) is 19.5 Å². The Morgan fingerprint density at radius 2 is 2.38 bits per heavy atom. The molecule has 0 radical (unpaired) electrons. The highest BCUT2D eigenvalue weighted by molar-refractivity contribution is 6.30. The van der Waals surface area contributed by atoms with Crippen LogP contribution < -0.4 is 10.6 Å². The molecule has 0 aromatic heterocycles. The summed E-state index contributed by atoms with van der Waals surface area (Å²) in [6.45, 7) is 0.364. The molecule has 86 valence electrons. The average Bonchev–Trinajstić information content (AvgIpc) is 2.68. The predicted molar refractivity (Wildman–Crippen MR) is 64.6 cm³/mol. The lowest BCUT2D eigenvalue weighted by Crippen LogP contribution is -2.33. The lowest BCUT2D eigenvalue weighted by molar-refractivity contribution is -0.119. The van der Waals surface area contributed by atoms with Gasteiger partial charge < -0.3 is 10.6 Å². The predicted octanol–water partition coefficient (Wildman–Crippen LogP) is 1.66. The van der Waals surface area contributed by atoms with Crippen LogP contribution in [0.3, 0.4) is 0 Å². The Morgan fingerprint density at radius 3 is 3.12 bits per heavy atom. The SMILES string of the molecule is CNC(=O)CNC1CCc2cc(Cl)ccc21. The standard InChI is InChI=1S/C12H15ClN2O/c1-14-12(16)7-15-11-5-2-8-6-9(13)3-4-10(8)11/h3-4,6,11,15H,2,5,7H2,1H3,(H,14,16). The minimum Gasteiger partial charge on any atom is -0.358 e. The quantitative estimate of drug-likeness (QED) is 0.841. The second kappa shape index (κ2) is 4.85. The molecule has 3 nitrogen and oxygen atoms in total. The maximum atomic E-state index is 11.1. The van der Waals surface area contributed by atoms with Crippen LogP contribution in [0.4, 0.5) is 0 Å². The summed E-state index contributed by atoms with van der Waals surface area (Å²) >= 11 is 5.94. The molecule has 1 aliphatic rings. The molecule has 2 N–H and O–H groups in total. The normalized spacial score (nSPS) is 18.2. The minimum absolute atomic E-state index is 0.0161. The fourth-order valence-electron chi connectivity index (χ4n) is 2.10. The second-order valence-corrected chi connectivity index (χ2v) is 4.42. The first-order valence-corrected chi connectivity index (χ1v) is 5.81. The van der Waals surface area contributed by atoms with Gasteiger partial charge in [-0.1, -0.05) is 17.7 Å². The van der Waals surface area contributed by atoms with Gasteiger partial charge in [0.25, 0.3) is 0 Å². The van der Waals surface area contributed by atoms with Gasteiger partial charge in [0.05, 0.1) is 6.54 Å². The van der Waals surface area contributed by atoms with Gasteiger partial charge in [-0.15, -0.1) is 0 Å². The first-order valence-electron chi connectivity index (χ1n) is 5.43. The highest BCUT2D eigenvalue weighted by Gasteiger charge is 2.22. The summed E-state index contributed by atoms with van der Waals surface area (Å²) in [7, 11) is 1.65. The van der Waals surface area contributed by atoms with E-state index >= 15 is 0 Å². The van der Waals surface area contributed by atoms with Gasteiger partial charge in [-0.05, 0) is 36.1 Å². The number of nitrogens with one attached hydrogen (secondary N) is 2. The van der Waals surface area contributed by atoms with Crippen LogP contribution >= 0.6 is 11.6 Å². The Bertz CT molecular complexity index is 406. The zero-order valence-corrected chi connectivity index (χ0v) is 9.97. The van der Waals surface area contributed by atoms with Crippen LogP contribution in [0, 0.1) is 0 Å². The van der Waals surface area contributed by atoms with E-state index in [-0.39, 0.29) is 11.9 Å². The Kier molecular flexibility index (Phi) is 3.46. The zero-order chi connectivity index (χ0) is 11.5. The van der Waals surface area contributed by atoms with Gasteiger partial charge in [0.2, 0.25) is 5.91 Å². The first kappa shape index (κ1) is 11.4. The van der Waals surface area contributed by atoms with Gasteiger partial charge in [-0.3, -0.25) is 4.79 Å². The maximum absolute atomic E-state index is 11.1. The Labute approximate surface area is 100 Å². The van der Waals surface area contributed by atoms with Crippen LogP contribution in [-0.2, 0) is 11.2 Å². The van der Waals surface area contributed by atoms with Crippen molar-refractivity contribution in [3.63, 3.8) is 0 Å². The fourth-order valence-corrected chi connectivity index (χ4v) is 2.30. The van der Waals surface area contributed by atoms with Gasteiger partial charge >= 0.3 is 0 Å². The number of rotatable bonds is 3. The van der Waals surface area contributed by atoms with E-state index in [0.717, 1.165) is 17.9 Å². The van der Waals surface area contributed by atoms with E-state index < -0.39 is 0 Å². The van der Waals surface area contributed by atoms with Crippen molar-refractivity contribution < 1.29 is 4.79 Å². The summed E-state index contributed by atoms with van der Waals surface area (Å²) in [6, 6.07) is 6.25. The largest absolute Gasteiger partial charge is 0.358 e. The second-order valence-electron chi connectivity index (χ2n) is 3.99. The molecule has 1 aliphatic carbocycles. The number of likely N-dealkylation sites (N-methyl/N-ethyl adjacent to an activating group) is 1. The summed E-state index contributed by atoms with van der Waals surface area (Å²) in [5, 5.41) is 6.64. The van der Waals surface area contributed by atoms with Crippen molar-refractivity contribution in [2.75, 3.05) is 13.6 Å². The molecule has 0 heterocycles. The molecule has 1 aromatic rings. The third kappa shape index (κ3) is 2.36. The van der Waals surface area contributed by atoms with Gasteiger partial charge in [0.1, 0.15) is 0 Å². The number of amides is 1. The number of hydrogen-bond acceptors (Lipinski definition) is 2. The van der Waals surface area contributed by atoms with Crippen LogP contribution in [0.1, 0.15) is 23.6 Å². The highest BCUT2D eigenvalue weighted by Crippen LogP contribution is 2.32. The summed E-state index contributed by atoms with van der Waals surface area (Å²) in [4.78, 5) is 11.1. The Hall–Kier alpha value is -1.06. The molecule has 0 spiro atoms. The molecule has 1 amide bonds. The molecule has 1 aromatic carbocycles. The van der Waals surface area contributed by atoms with Crippen LogP contribution in [0.2, 0.25) is 5.02 Å². The molecule has 0 saturated carbocycles. The van der Waals surface area contributed by atoms with E-state index in [0.29, 0.717) is 6.54 Å². The molecule has 2 rings (SSSR count). The monoisotopic (exact) mass is 238 g/mol. The third-order valence-corrected chi connectivity index (χ3v) is 3.21. The van der Waals surface area contributed by atoms with Crippen molar-refractivity contribution in [1.29, 1.82) is 0 Å². The summed E-state index contributed by atoms with van der Waals surface area (Å²) < 4.78 is 0. The third-order valence-electron chi connectivity index (χ3n) is 2.97. The van der Waals surface area contributed by atoms with Crippen molar-refractivity contribution >= 4 is 17.5 Å². The molecule has 4 heteroatoms. The van der Waals surface area contributed by atoms with E-state index in [2.05, 4.69) is 10.6 Å². The van der Waals surface area contributed by atoms with E-state index in [1.807, 2.05) is 18.2 Å². The summed E-state index contributed by atoms with van der Waals surface area (Å²) in [5.41, 5.74) is 2.57. The Balaban J connectivity index is 2.03. The van der Waals surface area contributed by atoms with Crippen LogP contribution in [0.5, 0.6) is 0 Å². The van der Waals surface area contributed by atoms with Crippen molar-refractivity contribution in [1.82, 2.24) is 10.6 Å². The van der Waals surface area contributed by atoms with Gasteiger partial charge in [0, 0.05) is 18.1 Å². The summed E-state index contributed by atoms with van der Waals surface area (Å²) in [6.07, 6.45) is 2.06. The van der Waals surface area contributed by atoms with Crippen LogP contribution in [0.15, 0.2) is 18.2 Å². The maximum Gasteiger partial charge on any atom is 0.233 e. The molecule has 0 bridgehead atoms. The number of aryl methyl sites for hydroxylation is 1. The topological polar surface area (TPSA) is 41.1 Å². The molecular formula is C12H15ClN2O. The van der Waals surface area contributed by atoms with E-state index in [1.165, 1.54) is 11.1 Å². The number of carbonyl (C=O) groups excluding carboxylic acids is 1. The summed E-state index contributed by atoms with van der Waals surface area (Å²) in [5.74, 6) is 0.0161. The Morgan fingerprint density at radius 1 is 1.56 bits per heavy atom. The van der Waals surface area contributed by atoms with E-state index in [9.17, 15) is 4.79 Å². The number of benzene rings is 1. The molecule has 16 heavy (non-hydrogen) atoms. The van der Waals surface area contributed by atoms with Gasteiger partial charge in [-0.2, -0.15) is 0 Å². The molecule has 0 aliphatic heterocycles. The molecule has 1 unspecified atom stereocenters. The lowest BCUT2D eigenvalue weighted by atomic mass is 10.1. The lowest BCUT2D eigenvalue weighted by Gasteiger charge is -2.13. The molecule has 1 atom stereocenters.